The van der Waals surface area contributed by atoms with Gasteiger partial charge in [0.1, 0.15) is 29.6 Å². The Morgan fingerprint density at radius 2 is 2.00 bits per heavy atom. The van der Waals surface area contributed by atoms with Crippen molar-refractivity contribution in [3.05, 3.63) is 42.0 Å². The predicted molar refractivity (Wildman–Crippen MR) is 92.4 cm³/mol. The van der Waals surface area contributed by atoms with Crippen LogP contribution in [-0.4, -0.2) is 53.1 Å². The van der Waals surface area contributed by atoms with Gasteiger partial charge in [0.25, 0.3) is 0 Å². The highest BCUT2D eigenvalue weighted by atomic mass is 19.1. The van der Waals surface area contributed by atoms with Crippen LogP contribution < -0.4 is 10.2 Å². The largest absolute Gasteiger partial charge is 0.366 e. The molecule has 1 aliphatic heterocycles. The summed E-state index contributed by atoms with van der Waals surface area (Å²) < 4.78 is 27.6. The van der Waals surface area contributed by atoms with Crippen molar-refractivity contribution in [3.63, 3.8) is 0 Å². The third kappa shape index (κ3) is 4.39. The minimum Gasteiger partial charge on any atom is -0.366 e. The number of rotatable bonds is 5. The van der Waals surface area contributed by atoms with Gasteiger partial charge in [-0.3, -0.25) is 9.88 Å². The van der Waals surface area contributed by atoms with Crippen LogP contribution in [-0.2, 0) is 6.54 Å². The number of aromatic nitrogens is 3. The van der Waals surface area contributed by atoms with E-state index in [4.69, 9.17) is 0 Å². The molecule has 0 amide bonds. The van der Waals surface area contributed by atoms with Crippen molar-refractivity contribution in [3.8, 4) is 0 Å². The molecule has 0 bridgehead atoms. The first kappa shape index (κ1) is 17.5. The lowest BCUT2D eigenvalue weighted by Crippen LogP contribution is -2.42. The van der Waals surface area contributed by atoms with Crippen LogP contribution in [0, 0.1) is 11.6 Å². The summed E-state index contributed by atoms with van der Waals surface area (Å²) in [5.74, 6) is 0.390. The number of pyridine rings is 1. The first-order valence-corrected chi connectivity index (χ1v) is 8.29. The molecule has 1 fully saturated rings. The average Bonchev–Trinajstić information content (AvgIpc) is 2.59. The van der Waals surface area contributed by atoms with E-state index in [1.54, 1.807) is 0 Å². The molecule has 0 spiro atoms. The Labute approximate surface area is 145 Å². The standard InChI is InChI=1S/C17H22F2N6/c1-24(2)17-6-16(21-11-22-17)23-12-4-3-5-25(9-12)10-13-14(18)7-20-8-15(13)19/h6-8,11-12H,3-5,9-10H2,1-2H3,(H,21,22,23). The minimum atomic E-state index is -0.596. The summed E-state index contributed by atoms with van der Waals surface area (Å²) in [6.07, 6.45) is 5.58. The molecule has 1 atom stereocenters. The molecular weight excluding hydrogens is 326 g/mol. The molecule has 1 unspecified atom stereocenters. The topological polar surface area (TPSA) is 57.2 Å². The minimum absolute atomic E-state index is 0.0765. The Morgan fingerprint density at radius 3 is 2.72 bits per heavy atom. The maximum Gasteiger partial charge on any atom is 0.148 e. The first-order chi connectivity index (χ1) is 12.0. The van der Waals surface area contributed by atoms with E-state index >= 15 is 0 Å². The van der Waals surface area contributed by atoms with E-state index in [9.17, 15) is 8.78 Å². The second-order valence-corrected chi connectivity index (χ2v) is 6.46. The highest BCUT2D eigenvalue weighted by Crippen LogP contribution is 2.20. The van der Waals surface area contributed by atoms with E-state index in [0.29, 0.717) is 6.54 Å². The highest BCUT2D eigenvalue weighted by Gasteiger charge is 2.22. The van der Waals surface area contributed by atoms with Crippen LogP contribution in [0.25, 0.3) is 0 Å². The van der Waals surface area contributed by atoms with Crippen molar-refractivity contribution in [2.24, 2.45) is 0 Å². The van der Waals surface area contributed by atoms with Gasteiger partial charge in [0.15, 0.2) is 0 Å². The first-order valence-electron chi connectivity index (χ1n) is 8.29. The fourth-order valence-electron chi connectivity index (χ4n) is 3.01. The van der Waals surface area contributed by atoms with E-state index in [-0.39, 0.29) is 18.2 Å². The van der Waals surface area contributed by atoms with Gasteiger partial charge in [-0.2, -0.15) is 0 Å². The van der Waals surface area contributed by atoms with Crippen LogP contribution in [0.5, 0.6) is 0 Å². The summed E-state index contributed by atoms with van der Waals surface area (Å²) in [5.41, 5.74) is 0.0765. The van der Waals surface area contributed by atoms with Crippen molar-refractivity contribution >= 4 is 11.6 Å². The SMILES string of the molecule is CN(C)c1cc(NC2CCCN(Cc3c(F)cncc3F)C2)ncn1. The molecule has 0 saturated carbocycles. The lowest BCUT2D eigenvalue weighted by Gasteiger charge is -2.33. The highest BCUT2D eigenvalue weighted by molar-refractivity contribution is 5.47. The molecule has 3 heterocycles. The second kappa shape index (κ2) is 7.69. The van der Waals surface area contributed by atoms with E-state index in [1.807, 2.05) is 25.1 Å². The summed E-state index contributed by atoms with van der Waals surface area (Å²) in [7, 11) is 3.85. The monoisotopic (exact) mass is 348 g/mol. The molecule has 2 aromatic rings. The Morgan fingerprint density at radius 1 is 1.24 bits per heavy atom. The number of nitrogens with one attached hydrogen (secondary N) is 1. The van der Waals surface area contributed by atoms with E-state index in [0.717, 1.165) is 43.4 Å². The van der Waals surface area contributed by atoms with Crippen molar-refractivity contribution in [2.45, 2.75) is 25.4 Å². The zero-order valence-electron chi connectivity index (χ0n) is 14.4. The van der Waals surface area contributed by atoms with Crippen LogP contribution in [0.2, 0.25) is 0 Å². The number of halogens is 2. The Bertz CT molecular complexity index is 704. The lowest BCUT2D eigenvalue weighted by atomic mass is 10.0. The van der Waals surface area contributed by atoms with Crippen LogP contribution >= 0.6 is 0 Å². The van der Waals surface area contributed by atoms with Gasteiger partial charge in [-0.25, -0.2) is 18.7 Å². The zero-order valence-corrected chi connectivity index (χ0v) is 14.4. The molecule has 134 valence electrons. The summed E-state index contributed by atoms with van der Waals surface area (Å²) >= 11 is 0. The number of hydrogen-bond acceptors (Lipinski definition) is 6. The van der Waals surface area contributed by atoms with Gasteiger partial charge in [-0.05, 0) is 19.4 Å². The normalized spacial score (nSPS) is 18.2. The quantitative estimate of drug-likeness (QED) is 0.895. The van der Waals surface area contributed by atoms with Crippen molar-refractivity contribution in [1.82, 2.24) is 19.9 Å². The van der Waals surface area contributed by atoms with Crippen molar-refractivity contribution in [1.29, 1.82) is 0 Å². The van der Waals surface area contributed by atoms with E-state index < -0.39 is 11.6 Å². The molecule has 1 saturated heterocycles. The maximum atomic E-state index is 13.8. The van der Waals surface area contributed by atoms with Crippen LogP contribution in [0.3, 0.4) is 0 Å². The number of anilines is 2. The third-order valence-corrected chi connectivity index (χ3v) is 4.30. The second-order valence-electron chi connectivity index (χ2n) is 6.46. The average molecular weight is 348 g/mol. The molecule has 0 aromatic carbocycles. The number of piperidine rings is 1. The third-order valence-electron chi connectivity index (χ3n) is 4.30. The number of hydrogen-bond donors (Lipinski definition) is 1. The van der Waals surface area contributed by atoms with E-state index in [1.165, 1.54) is 6.33 Å². The molecule has 3 rings (SSSR count). The van der Waals surface area contributed by atoms with Crippen molar-refractivity contribution < 1.29 is 8.78 Å². The Kier molecular flexibility index (Phi) is 5.37. The van der Waals surface area contributed by atoms with Gasteiger partial charge in [0, 0.05) is 44.9 Å². The van der Waals surface area contributed by atoms with Gasteiger partial charge in [-0.1, -0.05) is 0 Å². The molecule has 25 heavy (non-hydrogen) atoms. The summed E-state index contributed by atoms with van der Waals surface area (Å²) in [5, 5.41) is 3.40. The number of likely N-dealkylation sites (tertiary alicyclic amines) is 1. The van der Waals surface area contributed by atoms with Crippen LogP contribution in [0.15, 0.2) is 24.8 Å². The molecule has 6 nitrogen and oxygen atoms in total. The molecular formula is C17H22F2N6. The molecule has 8 heteroatoms. The van der Waals surface area contributed by atoms with Gasteiger partial charge in [-0.15, -0.1) is 0 Å². The molecule has 0 aliphatic carbocycles. The molecule has 1 aliphatic rings. The predicted octanol–water partition coefficient (Wildman–Crippen LogP) is 2.29. The number of nitrogens with zero attached hydrogens (tertiary/aromatic N) is 5. The molecule has 1 N–H and O–H groups in total. The van der Waals surface area contributed by atoms with Gasteiger partial charge in [0.2, 0.25) is 0 Å². The Hall–Kier alpha value is -2.35. The van der Waals surface area contributed by atoms with Crippen molar-refractivity contribution in [2.75, 3.05) is 37.4 Å². The molecule has 0 radical (unpaired) electrons. The zero-order chi connectivity index (χ0) is 17.8. The fourth-order valence-corrected chi connectivity index (χ4v) is 3.01. The summed E-state index contributed by atoms with van der Waals surface area (Å²) in [6.45, 7) is 1.75. The van der Waals surface area contributed by atoms with Crippen LogP contribution in [0.1, 0.15) is 18.4 Å². The summed E-state index contributed by atoms with van der Waals surface area (Å²) in [4.78, 5) is 16.0. The Balaban J connectivity index is 1.64. The fraction of sp³-hybridized carbons (Fsp3) is 0.471. The van der Waals surface area contributed by atoms with Gasteiger partial charge >= 0.3 is 0 Å². The maximum absolute atomic E-state index is 13.8. The van der Waals surface area contributed by atoms with Gasteiger partial charge in [0.05, 0.1) is 12.4 Å². The lowest BCUT2D eigenvalue weighted by molar-refractivity contribution is 0.203. The van der Waals surface area contributed by atoms with E-state index in [2.05, 4.69) is 25.2 Å². The molecule has 2 aromatic heterocycles. The van der Waals surface area contributed by atoms with Crippen LogP contribution in [0.4, 0.5) is 20.4 Å². The smallest absolute Gasteiger partial charge is 0.148 e. The summed E-state index contributed by atoms with van der Waals surface area (Å²) in [6, 6.07) is 2.06. The van der Waals surface area contributed by atoms with Gasteiger partial charge < -0.3 is 10.2 Å².